The van der Waals surface area contributed by atoms with E-state index in [0.717, 1.165) is 12.3 Å². The Morgan fingerprint density at radius 1 is 1.22 bits per heavy atom. The summed E-state index contributed by atoms with van der Waals surface area (Å²) >= 11 is 0. The number of aromatic nitrogens is 2. The summed E-state index contributed by atoms with van der Waals surface area (Å²) in [5.74, 6) is -0.00813. The maximum atomic E-state index is 12.4. The van der Waals surface area contributed by atoms with Crippen molar-refractivity contribution in [1.29, 1.82) is 0 Å². The van der Waals surface area contributed by atoms with Gasteiger partial charge < -0.3 is 10.4 Å². The van der Waals surface area contributed by atoms with Crippen LogP contribution in [-0.2, 0) is 6.18 Å². The van der Waals surface area contributed by atoms with Gasteiger partial charge in [0.05, 0.1) is 6.10 Å². The number of halogens is 3. The van der Waals surface area contributed by atoms with Crippen molar-refractivity contribution < 1.29 is 18.3 Å². The number of nitrogens with one attached hydrogen (secondary N) is 1. The summed E-state index contributed by atoms with van der Waals surface area (Å²) in [7, 11) is 0. The molecular weight excluding hydrogens is 247 g/mol. The van der Waals surface area contributed by atoms with Crippen LogP contribution in [0, 0.1) is 0 Å². The molecule has 1 heterocycles. The third-order valence-corrected chi connectivity index (χ3v) is 2.98. The molecule has 18 heavy (non-hydrogen) atoms. The smallest absolute Gasteiger partial charge is 0.393 e. The number of nitrogens with zero attached hydrogens (tertiary/aromatic N) is 2. The van der Waals surface area contributed by atoms with Gasteiger partial charge in [-0.2, -0.15) is 13.2 Å². The summed E-state index contributed by atoms with van der Waals surface area (Å²) in [5.41, 5.74) is -0.948. The normalized spacial score (nSPS) is 24.9. The van der Waals surface area contributed by atoms with E-state index < -0.39 is 11.9 Å². The monoisotopic (exact) mass is 261 g/mol. The van der Waals surface area contributed by atoms with Gasteiger partial charge in [-0.1, -0.05) is 0 Å². The van der Waals surface area contributed by atoms with E-state index in [2.05, 4.69) is 15.3 Å². The number of anilines is 1. The van der Waals surface area contributed by atoms with E-state index >= 15 is 0 Å². The van der Waals surface area contributed by atoms with Crippen molar-refractivity contribution >= 4 is 5.95 Å². The molecular formula is C11H14F3N3O. The highest BCUT2D eigenvalue weighted by Crippen LogP contribution is 2.28. The van der Waals surface area contributed by atoms with Crippen molar-refractivity contribution in [3.05, 3.63) is 18.0 Å². The van der Waals surface area contributed by atoms with Gasteiger partial charge in [-0.05, 0) is 31.7 Å². The average molecular weight is 261 g/mol. The molecule has 0 aliphatic heterocycles. The lowest BCUT2D eigenvalue weighted by molar-refractivity contribution is -0.141. The van der Waals surface area contributed by atoms with Crippen LogP contribution in [0.5, 0.6) is 0 Å². The maximum Gasteiger partial charge on any atom is 0.433 e. The second-order valence-electron chi connectivity index (χ2n) is 4.41. The summed E-state index contributed by atoms with van der Waals surface area (Å²) in [6.07, 6.45) is -0.947. The topological polar surface area (TPSA) is 58.0 Å². The summed E-state index contributed by atoms with van der Waals surface area (Å²) in [4.78, 5) is 7.23. The molecule has 0 spiro atoms. The van der Waals surface area contributed by atoms with Crippen LogP contribution in [0.2, 0.25) is 0 Å². The average Bonchev–Trinajstić information content (AvgIpc) is 2.31. The quantitative estimate of drug-likeness (QED) is 0.857. The SMILES string of the molecule is OC1CCC(Nc2nccc(C(F)(F)F)n2)CC1. The molecule has 0 radical (unpaired) electrons. The molecule has 1 fully saturated rings. The molecule has 0 bridgehead atoms. The Morgan fingerprint density at radius 2 is 1.89 bits per heavy atom. The number of aliphatic hydroxyl groups is 1. The molecule has 7 heteroatoms. The molecule has 0 aromatic carbocycles. The molecule has 1 aromatic heterocycles. The Balaban J connectivity index is 2.01. The van der Waals surface area contributed by atoms with E-state index in [1.807, 2.05) is 0 Å². The molecule has 0 amide bonds. The van der Waals surface area contributed by atoms with Gasteiger partial charge in [0.1, 0.15) is 5.69 Å². The lowest BCUT2D eigenvalue weighted by Gasteiger charge is -2.26. The van der Waals surface area contributed by atoms with Crippen molar-refractivity contribution in [3.63, 3.8) is 0 Å². The van der Waals surface area contributed by atoms with E-state index in [1.165, 1.54) is 0 Å². The number of aliphatic hydroxyl groups excluding tert-OH is 1. The number of hydrogen-bond donors (Lipinski definition) is 2. The van der Waals surface area contributed by atoms with Gasteiger partial charge in [0.25, 0.3) is 0 Å². The Hall–Kier alpha value is -1.37. The number of rotatable bonds is 2. The summed E-state index contributed by atoms with van der Waals surface area (Å²) in [5, 5.41) is 12.2. The lowest BCUT2D eigenvalue weighted by atomic mass is 9.93. The zero-order chi connectivity index (χ0) is 13.2. The predicted octanol–water partition coefficient (Wildman–Crippen LogP) is 2.21. The van der Waals surface area contributed by atoms with Crippen LogP contribution < -0.4 is 5.32 Å². The van der Waals surface area contributed by atoms with Crippen molar-refractivity contribution in [3.8, 4) is 0 Å². The van der Waals surface area contributed by atoms with Crippen LogP contribution in [0.25, 0.3) is 0 Å². The van der Waals surface area contributed by atoms with Gasteiger partial charge in [0.15, 0.2) is 0 Å². The van der Waals surface area contributed by atoms with Gasteiger partial charge in [0.2, 0.25) is 5.95 Å². The van der Waals surface area contributed by atoms with Crippen LogP contribution in [0.3, 0.4) is 0 Å². The van der Waals surface area contributed by atoms with Gasteiger partial charge in [0, 0.05) is 12.2 Å². The van der Waals surface area contributed by atoms with E-state index in [4.69, 9.17) is 0 Å². The summed E-state index contributed by atoms with van der Waals surface area (Å²) < 4.78 is 37.3. The van der Waals surface area contributed by atoms with Gasteiger partial charge in [-0.15, -0.1) is 0 Å². The first-order valence-corrected chi connectivity index (χ1v) is 5.80. The second kappa shape index (κ2) is 5.09. The minimum atomic E-state index is -4.46. The van der Waals surface area contributed by atoms with Crippen molar-refractivity contribution in [2.24, 2.45) is 0 Å². The molecule has 0 unspecified atom stereocenters. The van der Waals surface area contributed by atoms with Crippen molar-refractivity contribution in [2.75, 3.05) is 5.32 Å². The summed E-state index contributed by atoms with van der Waals surface area (Å²) in [6, 6.07) is 0.868. The Kier molecular flexibility index (Phi) is 3.70. The number of alkyl halides is 3. The van der Waals surface area contributed by atoms with Crippen molar-refractivity contribution in [2.45, 2.75) is 44.0 Å². The second-order valence-corrected chi connectivity index (χ2v) is 4.41. The molecule has 2 rings (SSSR count). The zero-order valence-corrected chi connectivity index (χ0v) is 9.61. The molecule has 4 nitrogen and oxygen atoms in total. The standard InChI is InChI=1S/C11H14F3N3O/c12-11(13,14)9-5-6-15-10(17-9)16-7-1-3-8(18)4-2-7/h5-8,18H,1-4H2,(H,15,16,17). The van der Waals surface area contributed by atoms with Crippen LogP contribution >= 0.6 is 0 Å². The first kappa shape index (κ1) is 13.1. The van der Waals surface area contributed by atoms with Crippen LogP contribution in [-0.4, -0.2) is 27.2 Å². The lowest BCUT2D eigenvalue weighted by Crippen LogP contribution is -2.29. The largest absolute Gasteiger partial charge is 0.433 e. The summed E-state index contributed by atoms with van der Waals surface area (Å²) in [6.45, 7) is 0. The third-order valence-electron chi connectivity index (χ3n) is 2.98. The fourth-order valence-electron chi connectivity index (χ4n) is 1.99. The van der Waals surface area contributed by atoms with E-state index in [9.17, 15) is 18.3 Å². The molecule has 1 aliphatic rings. The molecule has 1 aliphatic carbocycles. The minimum Gasteiger partial charge on any atom is -0.393 e. The highest BCUT2D eigenvalue weighted by Gasteiger charge is 2.33. The molecule has 0 saturated heterocycles. The first-order valence-electron chi connectivity index (χ1n) is 5.80. The molecule has 100 valence electrons. The highest BCUT2D eigenvalue weighted by molar-refractivity contribution is 5.27. The molecule has 2 N–H and O–H groups in total. The molecule has 1 saturated carbocycles. The van der Waals surface area contributed by atoms with Gasteiger partial charge >= 0.3 is 6.18 Å². The van der Waals surface area contributed by atoms with E-state index in [0.29, 0.717) is 25.7 Å². The van der Waals surface area contributed by atoms with E-state index in [1.54, 1.807) is 0 Å². The highest BCUT2D eigenvalue weighted by atomic mass is 19.4. The predicted molar refractivity (Wildman–Crippen MR) is 58.9 cm³/mol. The fraction of sp³-hybridized carbons (Fsp3) is 0.636. The molecule has 1 aromatic rings. The van der Waals surface area contributed by atoms with E-state index in [-0.39, 0.29) is 18.1 Å². The zero-order valence-electron chi connectivity index (χ0n) is 9.61. The Labute approximate surface area is 102 Å². The Morgan fingerprint density at radius 3 is 2.50 bits per heavy atom. The fourth-order valence-corrected chi connectivity index (χ4v) is 1.99. The maximum absolute atomic E-state index is 12.4. The first-order chi connectivity index (χ1) is 8.45. The third kappa shape index (κ3) is 3.32. The number of hydrogen-bond acceptors (Lipinski definition) is 4. The van der Waals surface area contributed by atoms with Crippen LogP contribution in [0.4, 0.5) is 19.1 Å². The Bertz CT molecular complexity index is 403. The van der Waals surface area contributed by atoms with Crippen molar-refractivity contribution in [1.82, 2.24) is 9.97 Å². The molecule has 0 atom stereocenters. The van der Waals surface area contributed by atoms with Crippen LogP contribution in [0.15, 0.2) is 12.3 Å². The minimum absolute atomic E-state index is 0.00813. The van der Waals surface area contributed by atoms with Crippen LogP contribution in [0.1, 0.15) is 31.4 Å². The van der Waals surface area contributed by atoms with Gasteiger partial charge in [-0.3, -0.25) is 0 Å². The van der Waals surface area contributed by atoms with Gasteiger partial charge in [-0.25, -0.2) is 9.97 Å².